The minimum absolute atomic E-state index is 0.126. The number of rotatable bonds is 7. The molecule has 0 spiro atoms. The lowest BCUT2D eigenvalue weighted by molar-refractivity contribution is -0.138. The van der Waals surface area contributed by atoms with E-state index >= 15 is 0 Å². The quantitative estimate of drug-likeness (QED) is 0.209. The molecule has 0 aromatic heterocycles. The van der Waals surface area contributed by atoms with Crippen LogP contribution in [0.2, 0.25) is 10.0 Å². The Kier molecular flexibility index (Phi) is 7.94. The smallest absolute Gasteiger partial charge is 0.336 e. The summed E-state index contributed by atoms with van der Waals surface area (Å²) in [5, 5.41) is 4.36. The van der Waals surface area contributed by atoms with Crippen LogP contribution in [0.4, 0.5) is 0 Å². The number of methoxy groups -OCH3 is 1. The summed E-state index contributed by atoms with van der Waals surface area (Å²) in [5.74, 6) is -0.280. The van der Waals surface area contributed by atoms with Gasteiger partial charge in [0, 0.05) is 43.9 Å². The van der Waals surface area contributed by atoms with Gasteiger partial charge in [0.05, 0.1) is 28.6 Å². The number of allylic oxidation sites excluding steroid dienone is 2. The first-order valence-corrected chi connectivity index (χ1v) is 14.1. The zero-order valence-corrected chi connectivity index (χ0v) is 25.0. The molecule has 1 atom stereocenters. The minimum atomic E-state index is -0.664. The molecule has 3 aromatic rings. The van der Waals surface area contributed by atoms with Gasteiger partial charge in [-0.1, -0.05) is 53.5 Å². The summed E-state index contributed by atoms with van der Waals surface area (Å²) in [4.78, 5) is 27.0. The molecule has 200 valence electrons. The second-order valence-electron chi connectivity index (χ2n) is 9.04. The third-order valence-electron chi connectivity index (χ3n) is 6.72. The molecule has 1 aliphatic heterocycles. The molecule has 5 rings (SSSR count). The van der Waals surface area contributed by atoms with Gasteiger partial charge in [-0.05, 0) is 66.3 Å². The number of Topliss-reactive ketones (excluding diaryl/α,β-unsaturated/α-hetero) is 1. The summed E-state index contributed by atoms with van der Waals surface area (Å²) >= 11 is 14.5. The van der Waals surface area contributed by atoms with Gasteiger partial charge in [-0.15, -0.1) is 0 Å². The predicted molar refractivity (Wildman–Crippen MR) is 159 cm³/mol. The predicted octanol–water partition coefficient (Wildman–Crippen LogP) is 7.32. The normalized spacial score (nSPS) is 16.1. The van der Waals surface area contributed by atoms with Crippen molar-refractivity contribution in [2.45, 2.75) is 26.4 Å². The van der Waals surface area contributed by atoms with Crippen molar-refractivity contribution in [2.75, 3.05) is 13.7 Å². The SMILES string of the molecule is CCOC(=O)C1=C(C)NC2=C(C(=O)c3ccccc32)[C@H]1c1cc(I)c(OCc2ccc(Cl)cc2Cl)c(OC)c1. The second kappa shape index (κ2) is 11.2. The van der Waals surface area contributed by atoms with E-state index in [4.69, 9.17) is 37.4 Å². The molecule has 0 bridgehead atoms. The molecule has 1 N–H and O–H groups in total. The Labute approximate surface area is 250 Å². The van der Waals surface area contributed by atoms with Gasteiger partial charge >= 0.3 is 5.97 Å². The van der Waals surface area contributed by atoms with Gasteiger partial charge in [0.1, 0.15) is 6.61 Å². The van der Waals surface area contributed by atoms with Gasteiger partial charge in [0.15, 0.2) is 17.3 Å². The molecule has 9 heteroatoms. The molecule has 0 saturated carbocycles. The highest BCUT2D eigenvalue weighted by Crippen LogP contribution is 2.49. The van der Waals surface area contributed by atoms with Crippen LogP contribution in [0.15, 0.2) is 71.4 Å². The average molecular weight is 676 g/mol. The van der Waals surface area contributed by atoms with E-state index in [9.17, 15) is 9.59 Å². The van der Waals surface area contributed by atoms with Gasteiger partial charge in [-0.2, -0.15) is 0 Å². The number of ether oxygens (including phenoxy) is 3. The number of hydrogen-bond acceptors (Lipinski definition) is 6. The Bertz CT molecular complexity index is 1580. The summed E-state index contributed by atoms with van der Waals surface area (Å²) in [6.45, 7) is 3.99. The first-order valence-electron chi connectivity index (χ1n) is 12.2. The highest BCUT2D eigenvalue weighted by atomic mass is 127. The molecule has 39 heavy (non-hydrogen) atoms. The lowest BCUT2D eigenvalue weighted by Crippen LogP contribution is -2.29. The number of benzene rings is 3. The van der Waals surface area contributed by atoms with Gasteiger partial charge in [-0.25, -0.2) is 4.79 Å². The van der Waals surface area contributed by atoms with Gasteiger partial charge in [-0.3, -0.25) is 4.79 Å². The fourth-order valence-electron chi connectivity index (χ4n) is 4.98. The van der Waals surface area contributed by atoms with E-state index in [1.165, 1.54) is 0 Å². The number of carbonyl (C=O) groups excluding carboxylic acids is 2. The highest BCUT2D eigenvalue weighted by Gasteiger charge is 2.43. The highest BCUT2D eigenvalue weighted by molar-refractivity contribution is 14.1. The van der Waals surface area contributed by atoms with E-state index in [2.05, 4.69) is 27.9 Å². The lowest BCUT2D eigenvalue weighted by Gasteiger charge is -2.30. The Balaban J connectivity index is 1.60. The minimum Gasteiger partial charge on any atom is -0.493 e. The Morgan fingerprint density at radius 1 is 1.08 bits per heavy atom. The van der Waals surface area contributed by atoms with Crippen molar-refractivity contribution >= 4 is 63.2 Å². The zero-order valence-electron chi connectivity index (χ0n) is 21.4. The molecule has 6 nitrogen and oxygen atoms in total. The standard InChI is InChI=1S/C30H24Cl2INO5/c1-4-38-30(36)24-15(2)34-27-19-7-5-6-8-20(19)28(35)26(27)25(24)17-11-22(33)29(23(12-17)37-3)39-14-16-9-10-18(31)13-21(16)32/h5-13,25,34H,4,14H2,1-3H3/t25-/m0/s1. The number of esters is 1. The molecule has 1 aliphatic carbocycles. The molecule has 3 aromatic carbocycles. The van der Waals surface area contributed by atoms with Crippen LogP contribution in [0.1, 0.15) is 46.8 Å². The molecule has 0 unspecified atom stereocenters. The fourth-order valence-corrected chi connectivity index (χ4v) is 6.22. The summed E-state index contributed by atoms with van der Waals surface area (Å²) in [6, 6.07) is 16.4. The first-order chi connectivity index (χ1) is 18.7. The third kappa shape index (κ3) is 5.03. The maximum atomic E-state index is 13.7. The number of nitrogens with one attached hydrogen (secondary N) is 1. The fraction of sp³-hybridized carbons (Fsp3) is 0.200. The summed E-state index contributed by atoms with van der Waals surface area (Å²) in [7, 11) is 1.55. The Morgan fingerprint density at radius 2 is 1.82 bits per heavy atom. The van der Waals surface area contributed by atoms with Crippen LogP contribution in [0.25, 0.3) is 5.70 Å². The maximum absolute atomic E-state index is 13.7. The topological polar surface area (TPSA) is 73.9 Å². The van der Waals surface area contributed by atoms with E-state index in [-0.39, 0.29) is 19.0 Å². The molecule has 0 amide bonds. The van der Waals surface area contributed by atoms with Crippen LogP contribution in [-0.4, -0.2) is 25.5 Å². The number of ketones is 1. The van der Waals surface area contributed by atoms with Crippen molar-refractivity contribution in [3.63, 3.8) is 0 Å². The van der Waals surface area contributed by atoms with Crippen molar-refractivity contribution in [2.24, 2.45) is 0 Å². The number of dihydropyridines is 1. The van der Waals surface area contributed by atoms with E-state index in [1.807, 2.05) is 43.3 Å². The van der Waals surface area contributed by atoms with E-state index < -0.39 is 11.9 Å². The number of carbonyl (C=O) groups is 2. The summed E-state index contributed by atoms with van der Waals surface area (Å²) in [5.41, 5.74) is 5.12. The molecule has 2 aliphatic rings. The molecule has 0 radical (unpaired) electrons. The third-order valence-corrected chi connectivity index (χ3v) is 8.10. The van der Waals surface area contributed by atoms with Crippen molar-refractivity contribution in [1.29, 1.82) is 0 Å². The number of fused-ring (bicyclic) bond motifs is 2. The first kappa shape index (κ1) is 27.6. The molecule has 1 heterocycles. The monoisotopic (exact) mass is 675 g/mol. The Morgan fingerprint density at radius 3 is 2.51 bits per heavy atom. The van der Waals surface area contributed by atoms with Crippen molar-refractivity contribution < 1.29 is 23.8 Å². The van der Waals surface area contributed by atoms with Crippen LogP contribution in [0, 0.1) is 3.57 Å². The zero-order chi connectivity index (χ0) is 27.8. The van der Waals surface area contributed by atoms with Gasteiger partial charge in [0.2, 0.25) is 0 Å². The van der Waals surface area contributed by atoms with Gasteiger partial charge < -0.3 is 19.5 Å². The van der Waals surface area contributed by atoms with E-state index in [0.717, 1.165) is 14.7 Å². The summed E-state index contributed by atoms with van der Waals surface area (Å²) < 4.78 is 18.1. The van der Waals surface area contributed by atoms with Crippen molar-refractivity contribution in [1.82, 2.24) is 5.32 Å². The largest absolute Gasteiger partial charge is 0.493 e. The molecular weight excluding hydrogens is 652 g/mol. The van der Waals surface area contributed by atoms with Crippen LogP contribution < -0.4 is 14.8 Å². The molecular formula is C30H24Cl2INO5. The lowest BCUT2D eigenvalue weighted by atomic mass is 9.79. The van der Waals surface area contributed by atoms with E-state index in [1.54, 1.807) is 32.2 Å². The second-order valence-corrected chi connectivity index (χ2v) is 11.0. The summed E-state index contributed by atoms with van der Waals surface area (Å²) in [6.07, 6.45) is 0. The Hall–Kier alpha value is -3.01. The number of hydrogen-bond donors (Lipinski definition) is 1. The number of halogens is 3. The van der Waals surface area contributed by atoms with E-state index in [0.29, 0.717) is 55.2 Å². The van der Waals surface area contributed by atoms with Crippen LogP contribution >= 0.6 is 45.8 Å². The van der Waals surface area contributed by atoms with Crippen LogP contribution in [-0.2, 0) is 16.1 Å². The van der Waals surface area contributed by atoms with Crippen molar-refractivity contribution in [3.05, 3.63) is 107 Å². The van der Waals surface area contributed by atoms with Crippen LogP contribution in [0.5, 0.6) is 11.5 Å². The maximum Gasteiger partial charge on any atom is 0.336 e. The van der Waals surface area contributed by atoms with Crippen molar-refractivity contribution in [3.8, 4) is 11.5 Å². The molecule has 0 fully saturated rings. The van der Waals surface area contributed by atoms with Gasteiger partial charge in [0.25, 0.3) is 0 Å². The van der Waals surface area contributed by atoms with Crippen LogP contribution in [0.3, 0.4) is 0 Å². The molecule has 0 saturated heterocycles. The average Bonchev–Trinajstić information content (AvgIpc) is 3.19.